The second-order valence-electron chi connectivity index (χ2n) is 6.97. The maximum Gasteiger partial charge on any atom is 0.242 e. The van der Waals surface area contributed by atoms with Gasteiger partial charge < -0.3 is 25.3 Å². The third kappa shape index (κ3) is 4.05. The number of rotatable bonds is 5. The molecule has 2 amide bonds. The molecule has 2 heterocycles. The molecule has 1 aliphatic heterocycles. The third-order valence-corrected chi connectivity index (χ3v) is 4.73. The fourth-order valence-electron chi connectivity index (χ4n) is 3.00. The van der Waals surface area contributed by atoms with Gasteiger partial charge in [-0.15, -0.1) is 0 Å². The zero-order chi connectivity index (χ0) is 18.7. The molecule has 0 spiro atoms. The molecule has 0 saturated carbocycles. The Bertz CT molecular complexity index is 793. The molecule has 140 valence electrons. The van der Waals surface area contributed by atoms with Gasteiger partial charge in [-0.2, -0.15) is 0 Å². The van der Waals surface area contributed by atoms with Gasteiger partial charge in [0, 0.05) is 35.9 Å². The summed E-state index contributed by atoms with van der Waals surface area (Å²) in [5.41, 5.74) is 7.54. The molecular formula is C19H26N4O3. The highest BCUT2D eigenvalue weighted by atomic mass is 16.5. The van der Waals surface area contributed by atoms with Gasteiger partial charge in [0.25, 0.3) is 0 Å². The van der Waals surface area contributed by atoms with Gasteiger partial charge in [-0.3, -0.25) is 9.59 Å². The Hall–Kier alpha value is -2.38. The maximum atomic E-state index is 12.4. The van der Waals surface area contributed by atoms with Crippen molar-refractivity contribution in [2.24, 2.45) is 11.7 Å². The average Bonchev–Trinajstić information content (AvgIpc) is 3.03. The SMILES string of the molecule is CC(C)[C@H](N)C(=O)Nc1ccc2c(ccn2CC(=O)N2CCOCC2)c1. The lowest BCUT2D eigenvalue weighted by atomic mass is 10.0. The summed E-state index contributed by atoms with van der Waals surface area (Å²) in [7, 11) is 0. The normalized spacial score (nSPS) is 16.1. The Labute approximate surface area is 153 Å². The van der Waals surface area contributed by atoms with Crippen LogP contribution in [0.2, 0.25) is 0 Å². The zero-order valence-electron chi connectivity index (χ0n) is 15.3. The molecule has 7 heteroatoms. The van der Waals surface area contributed by atoms with Crippen molar-refractivity contribution in [1.29, 1.82) is 0 Å². The van der Waals surface area contributed by atoms with Crippen molar-refractivity contribution in [2.45, 2.75) is 26.4 Å². The smallest absolute Gasteiger partial charge is 0.242 e. The Morgan fingerprint density at radius 2 is 1.96 bits per heavy atom. The summed E-state index contributed by atoms with van der Waals surface area (Å²) in [6, 6.07) is 7.05. The predicted octanol–water partition coefficient (Wildman–Crippen LogP) is 1.42. The van der Waals surface area contributed by atoms with Gasteiger partial charge in [0.15, 0.2) is 0 Å². The van der Waals surface area contributed by atoms with Crippen LogP contribution in [0.5, 0.6) is 0 Å². The summed E-state index contributed by atoms with van der Waals surface area (Å²) in [6.07, 6.45) is 1.90. The van der Waals surface area contributed by atoms with Crippen LogP contribution >= 0.6 is 0 Å². The van der Waals surface area contributed by atoms with Crippen molar-refractivity contribution >= 4 is 28.4 Å². The fraction of sp³-hybridized carbons (Fsp3) is 0.474. The number of amides is 2. The van der Waals surface area contributed by atoms with Crippen LogP contribution in [-0.4, -0.2) is 53.6 Å². The van der Waals surface area contributed by atoms with Gasteiger partial charge in [0.2, 0.25) is 11.8 Å². The lowest BCUT2D eigenvalue weighted by molar-refractivity contribution is -0.135. The van der Waals surface area contributed by atoms with E-state index in [9.17, 15) is 9.59 Å². The lowest BCUT2D eigenvalue weighted by Gasteiger charge is -2.27. The van der Waals surface area contributed by atoms with Crippen LogP contribution in [0.3, 0.4) is 0 Å². The fourth-order valence-corrected chi connectivity index (χ4v) is 3.00. The second-order valence-corrected chi connectivity index (χ2v) is 6.97. The summed E-state index contributed by atoms with van der Waals surface area (Å²) >= 11 is 0. The monoisotopic (exact) mass is 358 g/mol. The highest BCUT2D eigenvalue weighted by molar-refractivity contribution is 5.97. The van der Waals surface area contributed by atoms with Crippen LogP contribution in [0.4, 0.5) is 5.69 Å². The van der Waals surface area contributed by atoms with Crippen LogP contribution in [0.1, 0.15) is 13.8 Å². The number of nitrogens with two attached hydrogens (primary N) is 1. The minimum atomic E-state index is -0.540. The first-order valence-corrected chi connectivity index (χ1v) is 8.96. The molecule has 0 unspecified atom stereocenters. The first-order chi connectivity index (χ1) is 12.5. The van der Waals surface area contributed by atoms with Crippen LogP contribution in [0, 0.1) is 5.92 Å². The van der Waals surface area contributed by atoms with Crippen LogP contribution in [-0.2, 0) is 20.9 Å². The molecule has 3 rings (SSSR count). The van der Waals surface area contributed by atoms with Crippen molar-refractivity contribution in [1.82, 2.24) is 9.47 Å². The molecule has 1 saturated heterocycles. The molecule has 1 aromatic carbocycles. The van der Waals surface area contributed by atoms with Crippen molar-refractivity contribution in [3.63, 3.8) is 0 Å². The van der Waals surface area contributed by atoms with Crippen LogP contribution < -0.4 is 11.1 Å². The number of nitrogens with one attached hydrogen (secondary N) is 1. The number of carbonyl (C=O) groups is 2. The number of anilines is 1. The van der Waals surface area contributed by atoms with Gasteiger partial charge >= 0.3 is 0 Å². The van der Waals surface area contributed by atoms with Crippen molar-refractivity contribution in [3.05, 3.63) is 30.5 Å². The van der Waals surface area contributed by atoms with Gasteiger partial charge in [-0.1, -0.05) is 13.8 Å². The van der Waals surface area contributed by atoms with E-state index in [0.29, 0.717) is 38.5 Å². The lowest BCUT2D eigenvalue weighted by Crippen LogP contribution is -2.42. The van der Waals surface area contributed by atoms with Gasteiger partial charge in [0.1, 0.15) is 6.54 Å². The van der Waals surface area contributed by atoms with E-state index < -0.39 is 6.04 Å². The first kappa shape index (κ1) is 18.4. The van der Waals surface area contributed by atoms with Gasteiger partial charge in [0.05, 0.1) is 19.3 Å². The molecule has 2 aromatic rings. The molecule has 1 aliphatic rings. The van der Waals surface area contributed by atoms with E-state index in [1.165, 1.54) is 0 Å². The van der Waals surface area contributed by atoms with E-state index in [1.807, 2.05) is 53.8 Å². The minimum Gasteiger partial charge on any atom is -0.378 e. The third-order valence-electron chi connectivity index (χ3n) is 4.73. The van der Waals surface area contributed by atoms with Gasteiger partial charge in [-0.25, -0.2) is 0 Å². The van der Waals surface area contributed by atoms with Crippen molar-refractivity contribution in [3.8, 4) is 0 Å². The quantitative estimate of drug-likeness (QED) is 0.846. The Morgan fingerprint density at radius 1 is 1.23 bits per heavy atom. The predicted molar refractivity (Wildman–Crippen MR) is 101 cm³/mol. The van der Waals surface area contributed by atoms with Gasteiger partial charge in [-0.05, 0) is 30.2 Å². The molecule has 1 aromatic heterocycles. The number of carbonyl (C=O) groups excluding carboxylic acids is 2. The molecule has 0 radical (unpaired) electrons. The second kappa shape index (κ2) is 7.88. The van der Waals surface area contributed by atoms with Crippen LogP contribution in [0.15, 0.2) is 30.5 Å². The molecule has 7 nitrogen and oxygen atoms in total. The number of aromatic nitrogens is 1. The first-order valence-electron chi connectivity index (χ1n) is 8.96. The Morgan fingerprint density at radius 3 is 2.65 bits per heavy atom. The minimum absolute atomic E-state index is 0.0750. The molecule has 1 atom stereocenters. The van der Waals surface area contributed by atoms with E-state index in [0.717, 1.165) is 10.9 Å². The van der Waals surface area contributed by atoms with E-state index in [4.69, 9.17) is 10.5 Å². The number of benzene rings is 1. The van der Waals surface area contributed by atoms with Crippen molar-refractivity contribution < 1.29 is 14.3 Å². The Balaban J connectivity index is 1.70. The van der Waals surface area contributed by atoms with Crippen LogP contribution in [0.25, 0.3) is 10.9 Å². The number of hydrogen-bond donors (Lipinski definition) is 2. The molecule has 3 N–H and O–H groups in total. The molecule has 1 fully saturated rings. The highest BCUT2D eigenvalue weighted by Gasteiger charge is 2.19. The molecular weight excluding hydrogens is 332 g/mol. The summed E-state index contributed by atoms with van der Waals surface area (Å²) < 4.78 is 7.22. The average molecular weight is 358 g/mol. The number of morpholine rings is 1. The maximum absolute atomic E-state index is 12.4. The zero-order valence-corrected chi connectivity index (χ0v) is 15.3. The van der Waals surface area contributed by atoms with Crippen molar-refractivity contribution in [2.75, 3.05) is 31.6 Å². The molecule has 26 heavy (non-hydrogen) atoms. The number of fused-ring (bicyclic) bond motifs is 1. The molecule has 0 aliphatic carbocycles. The van der Waals surface area contributed by atoms with E-state index in [-0.39, 0.29) is 17.7 Å². The summed E-state index contributed by atoms with van der Waals surface area (Å²) in [5, 5.41) is 3.82. The Kier molecular flexibility index (Phi) is 5.58. The summed E-state index contributed by atoms with van der Waals surface area (Å²) in [4.78, 5) is 26.4. The molecule has 0 bridgehead atoms. The summed E-state index contributed by atoms with van der Waals surface area (Å²) in [5.74, 6) is -0.0293. The topological polar surface area (TPSA) is 89.6 Å². The standard InChI is InChI=1S/C19H26N4O3/c1-13(2)18(20)19(25)21-15-3-4-16-14(11-15)5-6-23(16)12-17(24)22-7-9-26-10-8-22/h3-6,11,13,18H,7-10,12,20H2,1-2H3,(H,21,25)/t18-/m0/s1. The number of nitrogens with zero attached hydrogens (tertiary/aromatic N) is 2. The largest absolute Gasteiger partial charge is 0.378 e. The number of hydrogen-bond acceptors (Lipinski definition) is 4. The summed E-state index contributed by atoms with van der Waals surface area (Å²) in [6.45, 7) is 6.61. The number of ether oxygens (including phenoxy) is 1. The highest BCUT2D eigenvalue weighted by Crippen LogP contribution is 2.21. The van der Waals surface area contributed by atoms with E-state index >= 15 is 0 Å². The van der Waals surface area contributed by atoms with E-state index in [2.05, 4.69) is 5.32 Å². The van der Waals surface area contributed by atoms with E-state index in [1.54, 1.807) is 0 Å².